The summed E-state index contributed by atoms with van der Waals surface area (Å²) in [6.45, 7) is 0.669. The molecule has 3 aromatic rings. The van der Waals surface area contributed by atoms with Gasteiger partial charge in [-0.15, -0.1) is 11.3 Å². The lowest BCUT2D eigenvalue weighted by molar-refractivity contribution is -0.139. The second kappa shape index (κ2) is 12.8. The highest BCUT2D eigenvalue weighted by molar-refractivity contribution is 8.23. The van der Waals surface area contributed by atoms with Gasteiger partial charge >= 0.3 is 5.97 Å². The largest absolute Gasteiger partial charge is 0.480 e. The fourth-order valence-electron chi connectivity index (χ4n) is 3.09. The van der Waals surface area contributed by atoms with Crippen molar-refractivity contribution in [3.63, 3.8) is 0 Å². The van der Waals surface area contributed by atoms with Crippen LogP contribution < -0.4 is 10.6 Å². The van der Waals surface area contributed by atoms with Crippen LogP contribution in [0.5, 0.6) is 0 Å². The Balaban J connectivity index is 1.80. The van der Waals surface area contributed by atoms with Crippen molar-refractivity contribution in [3.05, 3.63) is 76.5 Å². The van der Waals surface area contributed by atoms with Crippen LogP contribution in [0.2, 0.25) is 0 Å². The van der Waals surface area contributed by atoms with Crippen molar-refractivity contribution in [1.82, 2.24) is 10.6 Å². The third-order valence-corrected chi connectivity index (χ3v) is 7.47. The van der Waals surface area contributed by atoms with Crippen molar-refractivity contribution in [2.45, 2.75) is 23.9 Å². The minimum Gasteiger partial charge on any atom is -0.480 e. The third-order valence-electron chi connectivity index (χ3n) is 4.73. The van der Waals surface area contributed by atoms with E-state index >= 15 is 0 Å². The SMILES string of the molecule is CSCC[C@H](NC(=O)c1ccc(SC(=S)NCc2cccs2)cc1-c1ccccc1)C(=O)O. The van der Waals surface area contributed by atoms with E-state index in [2.05, 4.69) is 16.7 Å². The Bertz CT molecular complexity index is 1090. The first-order valence-corrected chi connectivity index (χ1v) is 13.7. The van der Waals surface area contributed by atoms with E-state index in [1.807, 2.05) is 60.2 Å². The molecule has 5 nitrogen and oxygen atoms in total. The second-order valence-electron chi connectivity index (χ2n) is 7.04. The van der Waals surface area contributed by atoms with Crippen LogP contribution in [-0.2, 0) is 11.3 Å². The molecule has 0 radical (unpaired) electrons. The summed E-state index contributed by atoms with van der Waals surface area (Å²) in [5.74, 6) is -0.792. The predicted octanol–water partition coefficient (Wildman–Crippen LogP) is 5.52. The minimum absolute atomic E-state index is 0.362. The molecule has 1 aromatic heterocycles. The standard InChI is InChI=1S/C24H24N2O3S4/c1-31-13-11-21(23(28)29)26-22(27)19-10-9-17(14-20(19)16-6-3-2-4-7-16)33-24(30)25-15-18-8-5-12-32-18/h2-10,12,14,21H,11,13,15H2,1H3,(H,25,30)(H,26,27)(H,28,29)/t21-/m0/s1. The number of thiocarbonyl (C=S) groups is 1. The highest BCUT2D eigenvalue weighted by Gasteiger charge is 2.22. The second-order valence-corrected chi connectivity index (χ2v) is 10.8. The maximum Gasteiger partial charge on any atom is 0.326 e. The molecular weight excluding hydrogens is 493 g/mol. The molecule has 0 aliphatic carbocycles. The molecule has 1 amide bonds. The Morgan fingerprint density at radius 1 is 1.12 bits per heavy atom. The fraction of sp³-hybridized carbons (Fsp3) is 0.208. The zero-order valence-electron chi connectivity index (χ0n) is 17.9. The number of thioether (sulfide) groups is 2. The van der Waals surface area contributed by atoms with E-state index in [0.717, 1.165) is 16.0 Å². The van der Waals surface area contributed by atoms with Gasteiger partial charge in [0, 0.05) is 15.3 Å². The number of hydrogen-bond acceptors (Lipinski definition) is 6. The first-order chi connectivity index (χ1) is 16.0. The van der Waals surface area contributed by atoms with Gasteiger partial charge in [0.2, 0.25) is 0 Å². The number of carboxylic acid groups (broad SMARTS) is 1. The monoisotopic (exact) mass is 516 g/mol. The van der Waals surface area contributed by atoms with Crippen LogP contribution in [-0.4, -0.2) is 39.4 Å². The summed E-state index contributed by atoms with van der Waals surface area (Å²) in [7, 11) is 0. The Labute approximate surface area is 211 Å². The average Bonchev–Trinajstić information content (AvgIpc) is 3.34. The molecule has 0 saturated heterocycles. The smallest absolute Gasteiger partial charge is 0.326 e. The molecule has 1 heterocycles. The van der Waals surface area contributed by atoms with Crippen LogP contribution in [0.3, 0.4) is 0 Å². The number of thiophene rings is 1. The van der Waals surface area contributed by atoms with Crippen molar-refractivity contribution >= 4 is 63.3 Å². The van der Waals surface area contributed by atoms with Gasteiger partial charge < -0.3 is 15.7 Å². The van der Waals surface area contributed by atoms with Crippen molar-refractivity contribution < 1.29 is 14.7 Å². The summed E-state index contributed by atoms with van der Waals surface area (Å²) in [5.41, 5.74) is 2.03. The van der Waals surface area contributed by atoms with E-state index in [1.165, 1.54) is 16.6 Å². The van der Waals surface area contributed by atoms with Gasteiger partial charge in [-0.2, -0.15) is 11.8 Å². The lowest BCUT2D eigenvalue weighted by Gasteiger charge is -2.17. The van der Waals surface area contributed by atoms with Crippen molar-refractivity contribution in [2.75, 3.05) is 12.0 Å². The topological polar surface area (TPSA) is 78.4 Å². The number of nitrogens with one attached hydrogen (secondary N) is 2. The minimum atomic E-state index is -1.03. The maximum absolute atomic E-state index is 13.1. The molecule has 3 N–H and O–H groups in total. The Morgan fingerprint density at radius 2 is 1.91 bits per heavy atom. The summed E-state index contributed by atoms with van der Waals surface area (Å²) >= 11 is 10.1. The number of carbonyl (C=O) groups is 2. The third kappa shape index (κ3) is 7.60. The number of rotatable bonds is 10. The van der Waals surface area contributed by atoms with E-state index in [0.29, 0.717) is 28.6 Å². The van der Waals surface area contributed by atoms with Gasteiger partial charge in [-0.1, -0.05) is 60.4 Å². The molecule has 9 heteroatoms. The molecule has 33 heavy (non-hydrogen) atoms. The van der Waals surface area contributed by atoms with Gasteiger partial charge in [-0.25, -0.2) is 4.79 Å². The van der Waals surface area contributed by atoms with Gasteiger partial charge in [0.05, 0.1) is 6.54 Å². The van der Waals surface area contributed by atoms with Crippen LogP contribution >= 0.6 is 47.1 Å². The first kappa shape index (κ1) is 25.3. The van der Waals surface area contributed by atoms with Gasteiger partial charge in [0.25, 0.3) is 5.91 Å². The highest BCUT2D eigenvalue weighted by atomic mass is 32.2. The lowest BCUT2D eigenvalue weighted by atomic mass is 9.99. The first-order valence-electron chi connectivity index (χ1n) is 10.2. The van der Waals surface area contributed by atoms with Crippen LogP contribution in [0, 0.1) is 0 Å². The van der Waals surface area contributed by atoms with Gasteiger partial charge in [0.1, 0.15) is 10.4 Å². The molecule has 0 unspecified atom stereocenters. The summed E-state index contributed by atoms with van der Waals surface area (Å²) in [5, 5.41) is 17.4. The molecule has 2 aromatic carbocycles. The molecular formula is C24H24N2O3S4. The molecule has 0 saturated carbocycles. The van der Waals surface area contributed by atoms with Gasteiger partial charge in [0.15, 0.2) is 0 Å². The van der Waals surface area contributed by atoms with Crippen molar-refractivity contribution in [2.24, 2.45) is 0 Å². The molecule has 1 atom stereocenters. The molecule has 3 rings (SSSR count). The van der Waals surface area contributed by atoms with E-state index in [9.17, 15) is 14.7 Å². The quantitative estimate of drug-likeness (QED) is 0.242. The summed E-state index contributed by atoms with van der Waals surface area (Å²) < 4.78 is 0.641. The van der Waals surface area contributed by atoms with Crippen molar-refractivity contribution in [3.8, 4) is 11.1 Å². The van der Waals surface area contributed by atoms with E-state index in [-0.39, 0.29) is 0 Å². The van der Waals surface area contributed by atoms with E-state index in [4.69, 9.17) is 12.2 Å². The Kier molecular flexibility index (Phi) is 9.80. The average molecular weight is 517 g/mol. The molecule has 0 fully saturated rings. The number of carboxylic acids is 1. The Hall–Kier alpha value is -2.33. The number of aliphatic carboxylic acids is 1. The Morgan fingerprint density at radius 3 is 2.58 bits per heavy atom. The normalized spacial score (nSPS) is 11.5. The molecule has 0 spiro atoms. The summed E-state index contributed by atoms with van der Waals surface area (Å²) in [6, 6.07) is 18.2. The van der Waals surface area contributed by atoms with E-state index in [1.54, 1.807) is 29.2 Å². The summed E-state index contributed by atoms with van der Waals surface area (Å²) in [4.78, 5) is 26.8. The molecule has 172 valence electrons. The van der Waals surface area contributed by atoms with Crippen molar-refractivity contribution in [1.29, 1.82) is 0 Å². The number of benzene rings is 2. The van der Waals surface area contributed by atoms with Crippen LogP contribution in [0.4, 0.5) is 0 Å². The molecule has 0 aliphatic heterocycles. The number of hydrogen-bond donors (Lipinski definition) is 3. The maximum atomic E-state index is 13.1. The van der Waals surface area contributed by atoms with Crippen LogP contribution in [0.15, 0.2) is 70.9 Å². The molecule has 0 aliphatic rings. The zero-order chi connectivity index (χ0) is 23.6. The molecule has 0 bridgehead atoms. The zero-order valence-corrected chi connectivity index (χ0v) is 21.2. The lowest BCUT2D eigenvalue weighted by Crippen LogP contribution is -2.41. The fourth-order valence-corrected chi connectivity index (χ4v) is 5.23. The summed E-state index contributed by atoms with van der Waals surface area (Å²) in [6.07, 6.45) is 2.27. The van der Waals surface area contributed by atoms with Crippen LogP contribution in [0.1, 0.15) is 21.7 Å². The predicted molar refractivity (Wildman–Crippen MR) is 143 cm³/mol. The number of carbonyl (C=O) groups excluding carboxylic acids is 1. The van der Waals surface area contributed by atoms with Crippen LogP contribution in [0.25, 0.3) is 11.1 Å². The van der Waals surface area contributed by atoms with E-state index < -0.39 is 17.9 Å². The highest BCUT2D eigenvalue weighted by Crippen LogP contribution is 2.30. The van der Waals surface area contributed by atoms with Gasteiger partial charge in [-0.3, -0.25) is 4.79 Å². The van der Waals surface area contributed by atoms with Gasteiger partial charge in [-0.05, 0) is 59.2 Å². The number of amides is 1.